The van der Waals surface area contributed by atoms with E-state index in [0.717, 1.165) is 25.7 Å². The summed E-state index contributed by atoms with van der Waals surface area (Å²) < 4.78 is 26.3. The Morgan fingerprint density at radius 2 is 1.89 bits per heavy atom. The minimum absolute atomic E-state index is 0.0148. The molecule has 0 atom stereocenters. The number of anilines is 1. The zero-order chi connectivity index (χ0) is 13.9. The van der Waals surface area contributed by atoms with Gasteiger partial charge in [0.2, 0.25) is 10.0 Å². The number of sulfonamides is 1. The number of nitrogens with one attached hydrogen (secondary N) is 2. The summed E-state index contributed by atoms with van der Waals surface area (Å²) in [6.45, 7) is 0.0148. The Hall–Kier alpha value is -1.11. The van der Waals surface area contributed by atoms with Crippen molar-refractivity contribution in [3.05, 3.63) is 24.3 Å². The fourth-order valence-corrected chi connectivity index (χ4v) is 3.46. The predicted octanol–water partition coefficient (Wildman–Crippen LogP) is 1.31. The highest BCUT2D eigenvalue weighted by molar-refractivity contribution is 7.89. The summed E-state index contributed by atoms with van der Waals surface area (Å²) >= 11 is 0. The van der Waals surface area contributed by atoms with Gasteiger partial charge in [-0.05, 0) is 32.0 Å². The Balaban J connectivity index is 2.36. The first-order chi connectivity index (χ1) is 9.03. The second kappa shape index (κ2) is 5.48. The molecule has 0 aromatic heterocycles. The van der Waals surface area contributed by atoms with Crippen LogP contribution in [-0.4, -0.2) is 32.7 Å². The van der Waals surface area contributed by atoms with E-state index in [1.165, 1.54) is 7.05 Å². The standard InChI is InChI=1S/C13H20N2O3S/c1-14-19(17,18)12-7-3-2-6-11(12)15-13(10-16)8-4-5-9-13/h2-3,6-7,14-16H,4-5,8-10H2,1H3. The molecule has 0 heterocycles. The molecule has 106 valence electrons. The highest BCUT2D eigenvalue weighted by Gasteiger charge is 2.34. The molecule has 3 N–H and O–H groups in total. The molecule has 0 spiro atoms. The summed E-state index contributed by atoms with van der Waals surface area (Å²) in [6.07, 6.45) is 3.82. The van der Waals surface area contributed by atoms with E-state index in [1.54, 1.807) is 24.3 Å². The molecule has 0 bridgehead atoms. The largest absolute Gasteiger partial charge is 0.394 e. The van der Waals surface area contributed by atoms with Crippen molar-refractivity contribution in [2.45, 2.75) is 36.1 Å². The number of hydrogen-bond acceptors (Lipinski definition) is 4. The lowest BCUT2D eigenvalue weighted by Gasteiger charge is -2.30. The Morgan fingerprint density at radius 1 is 1.26 bits per heavy atom. The Morgan fingerprint density at radius 3 is 2.47 bits per heavy atom. The van der Waals surface area contributed by atoms with Crippen LogP contribution in [0.3, 0.4) is 0 Å². The normalized spacial score (nSPS) is 18.4. The first-order valence-corrected chi connectivity index (χ1v) is 7.93. The summed E-state index contributed by atoms with van der Waals surface area (Å²) in [5.41, 5.74) is 0.159. The number of aliphatic hydroxyl groups is 1. The molecule has 0 aliphatic heterocycles. The number of para-hydroxylation sites is 1. The smallest absolute Gasteiger partial charge is 0.242 e. The van der Waals surface area contributed by atoms with Crippen LogP contribution in [0, 0.1) is 0 Å². The van der Waals surface area contributed by atoms with Gasteiger partial charge in [-0.25, -0.2) is 13.1 Å². The van der Waals surface area contributed by atoms with Crippen molar-refractivity contribution in [3.8, 4) is 0 Å². The maximum Gasteiger partial charge on any atom is 0.242 e. The number of hydrogen-bond donors (Lipinski definition) is 3. The van der Waals surface area contributed by atoms with Crippen molar-refractivity contribution in [1.29, 1.82) is 0 Å². The molecule has 1 aromatic carbocycles. The molecule has 0 radical (unpaired) electrons. The van der Waals surface area contributed by atoms with Gasteiger partial charge in [-0.2, -0.15) is 0 Å². The van der Waals surface area contributed by atoms with Crippen LogP contribution >= 0.6 is 0 Å². The second-order valence-corrected chi connectivity index (χ2v) is 6.83. The Bertz CT molecular complexity index is 537. The van der Waals surface area contributed by atoms with E-state index < -0.39 is 10.0 Å². The van der Waals surface area contributed by atoms with Crippen LogP contribution in [0.4, 0.5) is 5.69 Å². The second-order valence-electron chi connectivity index (χ2n) is 4.97. The highest BCUT2D eigenvalue weighted by Crippen LogP contribution is 2.34. The Kier molecular flexibility index (Phi) is 4.13. The first-order valence-electron chi connectivity index (χ1n) is 6.45. The van der Waals surface area contributed by atoms with Gasteiger partial charge in [0.1, 0.15) is 4.90 Å². The van der Waals surface area contributed by atoms with Crippen LogP contribution in [0.2, 0.25) is 0 Å². The molecular formula is C13H20N2O3S. The fourth-order valence-electron chi connectivity index (χ4n) is 2.57. The first kappa shape index (κ1) is 14.3. The monoisotopic (exact) mass is 284 g/mol. The van der Waals surface area contributed by atoms with E-state index in [2.05, 4.69) is 10.0 Å². The summed E-state index contributed by atoms with van der Waals surface area (Å²) in [5.74, 6) is 0. The third-order valence-corrected chi connectivity index (χ3v) is 5.18. The number of rotatable bonds is 5. The van der Waals surface area contributed by atoms with Gasteiger partial charge in [0.05, 0.1) is 17.8 Å². The molecule has 1 aliphatic carbocycles. The average molecular weight is 284 g/mol. The molecule has 1 aliphatic rings. The molecule has 0 amide bonds. The zero-order valence-electron chi connectivity index (χ0n) is 11.0. The minimum Gasteiger partial charge on any atom is -0.394 e. The van der Waals surface area contributed by atoms with Gasteiger partial charge in [-0.15, -0.1) is 0 Å². The third-order valence-electron chi connectivity index (χ3n) is 3.71. The van der Waals surface area contributed by atoms with Crippen molar-refractivity contribution in [1.82, 2.24) is 4.72 Å². The molecular weight excluding hydrogens is 264 g/mol. The number of aliphatic hydroxyl groups excluding tert-OH is 1. The quantitative estimate of drug-likeness (QED) is 0.762. The highest BCUT2D eigenvalue weighted by atomic mass is 32.2. The van der Waals surface area contributed by atoms with Crippen molar-refractivity contribution in [2.75, 3.05) is 19.0 Å². The van der Waals surface area contributed by atoms with E-state index >= 15 is 0 Å². The molecule has 5 nitrogen and oxygen atoms in total. The van der Waals surface area contributed by atoms with Crippen LogP contribution in [0.1, 0.15) is 25.7 Å². The van der Waals surface area contributed by atoms with E-state index in [4.69, 9.17) is 0 Å². The van der Waals surface area contributed by atoms with Gasteiger partial charge >= 0.3 is 0 Å². The van der Waals surface area contributed by atoms with Gasteiger partial charge in [0.25, 0.3) is 0 Å². The lowest BCUT2D eigenvalue weighted by Crippen LogP contribution is -2.39. The van der Waals surface area contributed by atoms with Gasteiger partial charge in [-0.3, -0.25) is 0 Å². The predicted molar refractivity (Wildman–Crippen MR) is 74.6 cm³/mol. The van der Waals surface area contributed by atoms with Crippen LogP contribution in [0.15, 0.2) is 29.2 Å². The van der Waals surface area contributed by atoms with Crippen LogP contribution in [-0.2, 0) is 10.0 Å². The van der Waals surface area contributed by atoms with Crippen molar-refractivity contribution >= 4 is 15.7 Å². The lowest BCUT2D eigenvalue weighted by atomic mass is 9.98. The maximum atomic E-state index is 12.0. The van der Waals surface area contributed by atoms with Crippen LogP contribution in [0.25, 0.3) is 0 Å². The molecule has 19 heavy (non-hydrogen) atoms. The van der Waals surface area contributed by atoms with Crippen molar-refractivity contribution in [3.63, 3.8) is 0 Å². The van der Waals surface area contributed by atoms with E-state index in [0.29, 0.717) is 5.69 Å². The van der Waals surface area contributed by atoms with Crippen molar-refractivity contribution in [2.24, 2.45) is 0 Å². The van der Waals surface area contributed by atoms with Gasteiger partial charge in [0.15, 0.2) is 0 Å². The van der Waals surface area contributed by atoms with Crippen LogP contribution < -0.4 is 10.0 Å². The van der Waals surface area contributed by atoms with Crippen molar-refractivity contribution < 1.29 is 13.5 Å². The average Bonchev–Trinajstić information content (AvgIpc) is 2.88. The summed E-state index contributed by atoms with van der Waals surface area (Å²) in [7, 11) is -2.11. The SMILES string of the molecule is CNS(=O)(=O)c1ccccc1NC1(CO)CCCC1. The van der Waals surface area contributed by atoms with Gasteiger partial charge < -0.3 is 10.4 Å². The number of benzene rings is 1. The Labute approximate surface area is 114 Å². The van der Waals surface area contributed by atoms with E-state index in [-0.39, 0.29) is 17.0 Å². The topological polar surface area (TPSA) is 78.4 Å². The molecule has 0 unspecified atom stereocenters. The van der Waals surface area contributed by atoms with E-state index in [9.17, 15) is 13.5 Å². The molecule has 6 heteroatoms. The molecule has 0 saturated heterocycles. The molecule has 2 rings (SSSR count). The zero-order valence-corrected chi connectivity index (χ0v) is 11.8. The summed E-state index contributed by atoms with van der Waals surface area (Å²) in [6, 6.07) is 6.78. The maximum absolute atomic E-state index is 12.0. The molecule has 1 aromatic rings. The van der Waals surface area contributed by atoms with Crippen LogP contribution in [0.5, 0.6) is 0 Å². The van der Waals surface area contributed by atoms with Gasteiger partial charge in [-0.1, -0.05) is 25.0 Å². The summed E-state index contributed by atoms with van der Waals surface area (Å²) in [4.78, 5) is 0.220. The fraction of sp³-hybridized carbons (Fsp3) is 0.538. The lowest BCUT2D eigenvalue weighted by molar-refractivity contribution is 0.214. The molecule has 1 saturated carbocycles. The third kappa shape index (κ3) is 2.91. The summed E-state index contributed by atoms with van der Waals surface area (Å²) in [5, 5.41) is 12.8. The minimum atomic E-state index is -3.50. The van der Waals surface area contributed by atoms with E-state index in [1.807, 2.05) is 0 Å². The molecule has 1 fully saturated rings. The van der Waals surface area contributed by atoms with Gasteiger partial charge in [0, 0.05) is 0 Å².